The molecule has 5 rings (SSSR count). The van der Waals surface area contributed by atoms with Crippen molar-refractivity contribution in [2.45, 2.75) is 32.1 Å². The zero-order valence-corrected chi connectivity index (χ0v) is 14.0. The van der Waals surface area contributed by atoms with Gasteiger partial charge in [0, 0.05) is 5.39 Å². The van der Waals surface area contributed by atoms with Gasteiger partial charge < -0.3 is 5.32 Å². The van der Waals surface area contributed by atoms with Gasteiger partial charge in [-0.15, -0.1) is 0 Å². The van der Waals surface area contributed by atoms with Crippen LogP contribution in [0.2, 0.25) is 5.15 Å². The summed E-state index contributed by atoms with van der Waals surface area (Å²) in [7, 11) is 0. The van der Waals surface area contributed by atoms with E-state index >= 15 is 0 Å². The molecule has 0 amide bonds. The number of allylic oxidation sites excluding steroid dienone is 1. The molecule has 1 saturated carbocycles. The van der Waals surface area contributed by atoms with E-state index in [1.807, 2.05) is 0 Å². The van der Waals surface area contributed by atoms with E-state index in [1.165, 1.54) is 47.9 Å². The number of hydrogen-bond acceptors (Lipinski definition) is 3. The Morgan fingerprint density at radius 2 is 1.88 bits per heavy atom. The molecule has 1 aliphatic carbocycles. The van der Waals surface area contributed by atoms with Gasteiger partial charge in [0.25, 0.3) is 0 Å². The molecule has 120 valence electrons. The predicted molar refractivity (Wildman–Crippen MR) is 97.5 cm³/mol. The van der Waals surface area contributed by atoms with E-state index in [1.54, 1.807) is 0 Å². The molecule has 0 radical (unpaired) electrons. The number of fused-ring (bicyclic) bond motifs is 5. The van der Waals surface area contributed by atoms with E-state index in [2.05, 4.69) is 50.2 Å². The quantitative estimate of drug-likeness (QED) is 0.575. The number of rotatable bonds is 0. The minimum Gasteiger partial charge on any atom is -0.348 e. The Morgan fingerprint density at radius 1 is 1.04 bits per heavy atom. The van der Waals surface area contributed by atoms with Crippen LogP contribution in [-0.4, -0.2) is 14.5 Å². The van der Waals surface area contributed by atoms with Gasteiger partial charge in [-0.2, -0.15) is 0 Å². The molecule has 2 aliphatic rings. The molecule has 4 nitrogen and oxygen atoms in total. The maximum atomic E-state index is 6.38. The third-order valence-electron chi connectivity index (χ3n) is 5.02. The fourth-order valence-electron chi connectivity index (χ4n) is 3.89. The number of anilines is 1. The zero-order chi connectivity index (χ0) is 16.1. The van der Waals surface area contributed by atoms with Gasteiger partial charge in [-0.3, -0.25) is 4.57 Å². The van der Waals surface area contributed by atoms with E-state index in [0.29, 0.717) is 5.15 Å². The van der Waals surface area contributed by atoms with E-state index in [-0.39, 0.29) is 0 Å². The molecule has 1 fully saturated rings. The van der Waals surface area contributed by atoms with Gasteiger partial charge in [0.15, 0.2) is 11.0 Å². The SMILES string of the molecule is Clc1ncnc2c1NC(=C1CCCCC1)c1cc3ccccc3n1-2. The Morgan fingerprint density at radius 3 is 2.75 bits per heavy atom. The van der Waals surface area contributed by atoms with Crippen molar-refractivity contribution in [3.63, 3.8) is 0 Å². The Hall–Kier alpha value is -2.33. The largest absolute Gasteiger partial charge is 0.348 e. The molecule has 3 heterocycles. The summed E-state index contributed by atoms with van der Waals surface area (Å²) in [6.45, 7) is 0. The summed E-state index contributed by atoms with van der Waals surface area (Å²) in [4.78, 5) is 8.67. The summed E-state index contributed by atoms with van der Waals surface area (Å²) >= 11 is 6.38. The fraction of sp³-hybridized carbons (Fsp3) is 0.263. The molecule has 5 heteroatoms. The summed E-state index contributed by atoms with van der Waals surface area (Å²) in [5.41, 5.74) is 5.81. The third kappa shape index (κ3) is 1.99. The van der Waals surface area contributed by atoms with Crippen LogP contribution in [-0.2, 0) is 0 Å². The van der Waals surface area contributed by atoms with Crippen molar-refractivity contribution in [3.8, 4) is 5.82 Å². The molecule has 1 N–H and O–H groups in total. The molecule has 3 aromatic rings. The molecule has 0 bridgehead atoms. The molecule has 0 unspecified atom stereocenters. The van der Waals surface area contributed by atoms with Gasteiger partial charge in [0.1, 0.15) is 12.0 Å². The second kappa shape index (κ2) is 5.35. The monoisotopic (exact) mass is 336 g/mol. The summed E-state index contributed by atoms with van der Waals surface area (Å²) in [5.74, 6) is 0.825. The van der Waals surface area contributed by atoms with E-state index in [0.717, 1.165) is 29.9 Å². The lowest BCUT2D eigenvalue weighted by Gasteiger charge is -2.27. The van der Waals surface area contributed by atoms with Gasteiger partial charge in [-0.25, -0.2) is 9.97 Å². The molecule has 24 heavy (non-hydrogen) atoms. The maximum absolute atomic E-state index is 6.38. The summed E-state index contributed by atoms with van der Waals surface area (Å²) in [5, 5.41) is 5.24. The van der Waals surface area contributed by atoms with Crippen LogP contribution in [0.15, 0.2) is 42.2 Å². The summed E-state index contributed by atoms with van der Waals surface area (Å²) in [6.07, 6.45) is 7.65. The van der Waals surface area contributed by atoms with Gasteiger partial charge in [0.05, 0.1) is 16.9 Å². The van der Waals surface area contributed by atoms with Crippen LogP contribution >= 0.6 is 11.6 Å². The van der Waals surface area contributed by atoms with Crippen LogP contribution in [0, 0.1) is 0 Å². The average molecular weight is 337 g/mol. The van der Waals surface area contributed by atoms with E-state index < -0.39 is 0 Å². The molecule has 1 aromatic carbocycles. The predicted octanol–water partition coefficient (Wildman–Crippen LogP) is 5.17. The van der Waals surface area contributed by atoms with Crippen molar-refractivity contribution >= 4 is 33.9 Å². The zero-order valence-electron chi connectivity index (χ0n) is 13.2. The normalized spacial score (nSPS) is 16.7. The van der Waals surface area contributed by atoms with Crippen LogP contribution in [0.25, 0.3) is 22.4 Å². The van der Waals surface area contributed by atoms with Crippen molar-refractivity contribution in [3.05, 3.63) is 53.1 Å². The first-order valence-corrected chi connectivity index (χ1v) is 8.81. The van der Waals surface area contributed by atoms with Gasteiger partial charge in [0.2, 0.25) is 0 Å². The standard InChI is InChI=1S/C19H17ClN4/c20-18-17-19(22-11-21-18)24-14-9-5-4-8-13(14)10-15(24)16(23-17)12-6-2-1-3-7-12/h4-5,8-11,23H,1-3,6-7H2. The Bertz CT molecular complexity index is 978. The van der Waals surface area contributed by atoms with Crippen molar-refractivity contribution in [2.75, 3.05) is 5.32 Å². The average Bonchev–Trinajstić information content (AvgIpc) is 3.02. The highest BCUT2D eigenvalue weighted by molar-refractivity contribution is 6.32. The lowest BCUT2D eigenvalue weighted by Crippen LogP contribution is -2.18. The molecule has 1 aliphatic heterocycles. The van der Waals surface area contributed by atoms with Gasteiger partial charge in [-0.05, 0) is 43.4 Å². The van der Waals surface area contributed by atoms with E-state index in [4.69, 9.17) is 11.6 Å². The van der Waals surface area contributed by atoms with Gasteiger partial charge in [-0.1, -0.05) is 36.2 Å². The second-order valence-electron chi connectivity index (χ2n) is 6.45. The summed E-state index contributed by atoms with van der Waals surface area (Å²) in [6, 6.07) is 10.7. The van der Waals surface area contributed by atoms with Crippen LogP contribution in [0.1, 0.15) is 37.8 Å². The van der Waals surface area contributed by atoms with Crippen molar-refractivity contribution in [1.82, 2.24) is 14.5 Å². The number of benzene rings is 1. The third-order valence-corrected chi connectivity index (χ3v) is 5.31. The maximum Gasteiger partial charge on any atom is 0.166 e. The van der Waals surface area contributed by atoms with E-state index in [9.17, 15) is 0 Å². The van der Waals surface area contributed by atoms with Gasteiger partial charge >= 0.3 is 0 Å². The first kappa shape index (κ1) is 14.1. The number of aromatic nitrogens is 3. The first-order chi connectivity index (χ1) is 11.8. The van der Waals surface area contributed by atoms with Crippen LogP contribution in [0.5, 0.6) is 0 Å². The molecule has 0 spiro atoms. The molecule has 2 aromatic heterocycles. The van der Waals surface area contributed by atoms with Crippen molar-refractivity contribution < 1.29 is 0 Å². The molecule has 0 atom stereocenters. The Kier molecular flexibility index (Phi) is 3.13. The smallest absolute Gasteiger partial charge is 0.166 e. The minimum absolute atomic E-state index is 0.470. The topological polar surface area (TPSA) is 42.7 Å². The molecular weight excluding hydrogens is 320 g/mol. The number of hydrogen-bond donors (Lipinski definition) is 1. The van der Waals surface area contributed by atoms with Crippen LogP contribution < -0.4 is 5.32 Å². The molecule has 0 saturated heterocycles. The fourth-order valence-corrected chi connectivity index (χ4v) is 4.06. The summed E-state index contributed by atoms with van der Waals surface area (Å²) < 4.78 is 2.21. The lowest BCUT2D eigenvalue weighted by atomic mass is 9.92. The number of para-hydroxylation sites is 1. The van der Waals surface area contributed by atoms with Crippen molar-refractivity contribution in [2.24, 2.45) is 0 Å². The van der Waals surface area contributed by atoms with Crippen molar-refractivity contribution in [1.29, 1.82) is 0 Å². The highest BCUT2D eigenvalue weighted by Gasteiger charge is 2.27. The molecular formula is C19H17ClN4. The number of nitrogens with zero attached hydrogens (tertiary/aromatic N) is 3. The Labute approximate surface area is 145 Å². The van der Waals surface area contributed by atoms with Crippen LogP contribution in [0.4, 0.5) is 5.69 Å². The van der Waals surface area contributed by atoms with Crippen LogP contribution in [0.3, 0.4) is 0 Å². The highest BCUT2D eigenvalue weighted by Crippen LogP contribution is 2.42. The second-order valence-corrected chi connectivity index (χ2v) is 6.81. The minimum atomic E-state index is 0.470. The number of nitrogens with one attached hydrogen (secondary N) is 1. The Balaban J connectivity index is 1.86. The lowest BCUT2D eigenvalue weighted by molar-refractivity contribution is 0.600. The highest BCUT2D eigenvalue weighted by atomic mass is 35.5. The first-order valence-electron chi connectivity index (χ1n) is 8.44. The number of halogens is 1.